The van der Waals surface area contributed by atoms with Crippen molar-refractivity contribution in [2.45, 2.75) is 20.3 Å². The lowest BCUT2D eigenvalue weighted by Crippen LogP contribution is -1.94. The van der Waals surface area contributed by atoms with Crippen LogP contribution in [0.1, 0.15) is 18.3 Å². The molecule has 1 aromatic heterocycles. The van der Waals surface area contributed by atoms with Crippen LogP contribution in [-0.4, -0.2) is 9.97 Å². The van der Waals surface area contributed by atoms with Crippen molar-refractivity contribution in [1.29, 1.82) is 0 Å². The van der Waals surface area contributed by atoms with Gasteiger partial charge in [-0.2, -0.15) is 0 Å². The topological polar surface area (TPSA) is 25.8 Å². The second kappa shape index (κ2) is 3.65. The number of benzene rings is 1. The molecule has 0 aliphatic rings. The lowest BCUT2D eigenvalue weighted by atomic mass is 10.1. The van der Waals surface area contributed by atoms with Crippen molar-refractivity contribution in [3.8, 4) is 0 Å². The van der Waals surface area contributed by atoms with Gasteiger partial charge in [0.05, 0.1) is 5.52 Å². The summed E-state index contributed by atoms with van der Waals surface area (Å²) in [5.74, 6) is 0.810. The molecule has 0 radical (unpaired) electrons. The molecular weight excluding hydrogens is 240 g/mol. The number of hydrogen-bond acceptors (Lipinski definition) is 2. The van der Waals surface area contributed by atoms with Crippen molar-refractivity contribution in [3.05, 3.63) is 34.2 Å². The van der Waals surface area contributed by atoms with E-state index in [1.54, 1.807) is 0 Å². The molecule has 1 aromatic carbocycles. The first kappa shape index (κ1) is 9.59. The summed E-state index contributed by atoms with van der Waals surface area (Å²) in [6, 6.07) is 6.20. The van der Waals surface area contributed by atoms with Gasteiger partial charge < -0.3 is 0 Å². The Morgan fingerprint density at radius 3 is 2.79 bits per heavy atom. The Balaban J connectivity index is 2.86. The van der Waals surface area contributed by atoms with E-state index in [0.29, 0.717) is 0 Å². The molecule has 0 saturated heterocycles. The molecule has 0 atom stereocenters. The highest BCUT2D eigenvalue weighted by Crippen LogP contribution is 2.23. The zero-order valence-electron chi connectivity index (χ0n) is 8.21. The van der Waals surface area contributed by atoms with Gasteiger partial charge in [-0.3, -0.25) is 0 Å². The lowest BCUT2D eigenvalue weighted by Gasteiger charge is -2.05. The molecule has 14 heavy (non-hydrogen) atoms. The SMILES string of the molecule is CCc1cccc2c(Br)nc(C)nc12. The number of para-hydroxylation sites is 1. The van der Waals surface area contributed by atoms with Gasteiger partial charge in [0.2, 0.25) is 0 Å². The Kier molecular flexibility index (Phi) is 2.50. The van der Waals surface area contributed by atoms with Crippen molar-refractivity contribution in [2.75, 3.05) is 0 Å². The molecule has 0 fully saturated rings. The van der Waals surface area contributed by atoms with E-state index in [1.807, 2.05) is 19.1 Å². The van der Waals surface area contributed by atoms with Crippen molar-refractivity contribution >= 4 is 26.8 Å². The van der Waals surface area contributed by atoms with E-state index < -0.39 is 0 Å². The quantitative estimate of drug-likeness (QED) is 0.727. The summed E-state index contributed by atoms with van der Waals surface area (Å²) in [5, 5.41) is 1.09. The molecule has 72 valence electrons. The van der Waals surface area contributed by atoms with Gasteiger partial charge in [0.1, 0.15) is 10.4 Å². The van der Waals surface area contributed by atoms with Gasteiger partial charge in [-0.1, -0.05) is 25.1 Å². The molecule has 2 aromatic rings. The zero-order valence-corrected chi connectivity index (χ0v) is 9.80. The molecule has 0 aliphatic heterocycles. The zero-order chi connectivity index (χ0) is 10.1. The van der Waals surface area contributed by atoms with Crippen molar-refractivity contribution in [1.82, 2.24) is 9.97 Å². The second-order valence-electron chi connectivity index (χ2n) is 3.23. The normalized spacial score (nSPS) is 10.8. The van der Waals surface area contributed by atoms with Gasteiger partial charge in [-0.15, -0.1) is 0 Å². The Hall–Kier alpha value is -0.960. The van der Waals surface area contributed by atoms with Crippen LogP contribution in [-0.2, 0) is 6.42 Å². The van der Waals surface area contributed by atoms with Crippen LogP contribution in [0.3, 0.4) is 0 Å². The fourth-order valence-electron chi connectivity index (χ4n) is 1.56. The summed E-state index contributed by atoms with van der Waals surface area (Å²) >= 11 is 3.46. The molecule has 0 saturated carbocycles. The maximum Gasteiger partial charge on any atom is 0.127 e. The molecule has 0 amide bonds. The molecule has 0 spiro atoms. The van der Waals surface area contributed by atoms with Gasteiger partial charge in [-0.05, 0) is 34.8 Å². The fourth-order valence-corrected chi connectivity index (χ4v) is 2.14. The van der Waals surface area contributed by atoms with Gasteiger partial charge >= 0.3 is 0 Å². The highest BCUT2D eigenvalue weighted by Gasteiger charge is 2.05. The summed E-state index contributed by atoms with van der Waals surface area (Å²) in [7, 11) is 0. The summed E-state index contributed by atoms with van der Waals surface area (Å²) in [6.45, 7) is 4.05. The monoisotopic (exact) mass is 250 g/mol. The number of aromatic nitrogens is 2. The number of halogens is 1. The van der Waals surface area contributed by atoms with E-state index in [9.17, 15) is 0 Å². The van der Waals surface area contributed by atoms with Crippen LogP contribution in [0.25, 0.3) is 10.9 Å². The van der Waals surface area contributed by atoms with Crippen LogP contribution >= 0.6 is 15.9 Å². The number of aryl methyl sites for hydroxylation is 2. The summed E-state index contributed by atoms with van der Waals surface area (Å²) in [4.78, 5) is 8.75. The first-order valence-electron chi connectivity index (χ1n) is 4.64. The summed E-state index contributed by atoms with van der Waals surface area (Å²) in [5.41, 5.74) is 2.34. The van der Waals surface area contributed by atoms with Crippen LogP contribution in [0.15, 0.2) is 22.8 Å². The lowest BCUT2D eigenvalue weighted by molar-refractivity contribution is 1.05. The van der Waals surface area contributed by atoms with Crippen molar-refractivity contribution < 1.29 is 0 Å². The van der Waals surface area contributed by atoms with Gasteiger partial charge in [0.25, 0.3) is 0 Å². The van der Waals surface area contributed by atoms with E-state index in [0.717, 1.165) is 27.8 Å². The number of fused-ring (bicyclic) bond motifs is 1. The van der Waals surface area contributed by atoms with E-state index in [2.05, 4.69) is 38.9 Å². The minimum Gasteiger partial charge on any atom is -0.233 e. The molecule has 2 nitrogen and oxygen atoms in total. The van der Waals surface area contributed by atoms with E-state index in [-0.39, 0.29) is 0 Å². The maximum absolute atomic E-state index is 4.47. The first-order valence-corrected chi connectivity index (χ1v) is 5.43. The summed E-state index contributed by atoms with van der Waals surface area (Å²) in [6.07, 6.45) is 1.00. The fraction of sp³-hybridized carbons (Fsp3) is 0.273. The third-order valence-electron chi connectivity index (χ3n) is 2.26. The Morgan fingerprint density at radius 1 is 1.29 bits per heavy atom. The molecular formula is C11H11BrN2. The smallest absolute Gasteiger partial charge is 0.127 e. The third kappa shape index (κ3) is 1.52. The average Bonchev–Trinajstić information content (AvgIpc) is 2.17. The molecule has 1 heterocycles. The standard InChI is InChI=1S/C11H11BrN2/c1-3-8-5-4-6-9-10(8)13-7(2)14-11(9)12/h4-6H,3H2,1-2H3. The highest BCUT2D eigenvalue weighted by atomic mass is 79.9. The molecule has 0 unspecified atom stereocenters. The summed E-state index contributed by atoms with van der Waals surface area (Å²) < 4.78 is 0.885. The number of nitrogens with zero attached hydrogens (tertiary/aromatic N) is 2. The van der Waals surface area contributed by atoms with Gasteiger partial charge in [-0.25, -0.2) is 9.97 Å². The van der Waals surface area contributed by atoms with Gasteiger partial charge in [0, 0.05) is 5.39 Å². The molecule has 0 N–H and O–H groups in total. The number of hydrogen-bond donors (Lipinski definition) is 0. The van der Waals surface area contributed by atoms with Crippen LogP contribution < -0.4 is 0 Å². The van der Waals surface area contributed by atoms with Crippen LogP contribution in [0, 0.1) is 6.92 Å². The Morgan fingerprint density at radius 2 is 2.07 bits per heavy atom. The van der Waals surface area contributed by atoms with E-state index in [4.69, 9.17) is 0 Å². The van der Waals surface area contributed by atoms with E-state index >= 15 is 0 Å². The Labute approximate surface area is 91.5 Å². The van der Waals surface area contributed by atoms with Crippen LogP contribution in [0.4, 0.5) is 0 Å². The van der Waals surface area contributed by atoms with Crippen LogP contribution in [0.2, 0.25) is 0 Å². The third-order valence-corrected chi connectivity index (χ3v) is 2.86. The largest absolute Gasteiger partial charge is 0.233 e. The highest BCUT2D eigenvalue weighted by molar-refractivity contribution is 9.10. The predicted octanol–water partition coefficient (Wildman–Crippen LogP) is 3.26. The van der Waals surface area contributed by atoms with Crippen molar-refractivity contribution in [2.24, 2.45) is 0 Å². The molecule has 3 heteroatoms. The van der Waals surface area contributed by atoms with E-state index in [1.165, 1.54) is 5.56 Å². The van der Waals surface area contributed by atoms with Crippen molar-refractivity contribution in [3.63, 3.8) is 0 Å². The molecule has 0 bridgehead atoms. The number of rotatable bonds is 1. The van der Waals surface area contributed by atoms with Crippen LogP contribution in [0.5, 0.6) is 0 Å². The maximum atomic E-state index is 4.47. The minimum absolute atomic E-state index is 0.810. The first-order chi connectivity index (χ1) is 6.72. The molecule has 0 aliphatic carbocycles. The Bertz CT molecular complexity index is 480. The molecule has 2 rings (SSSR count). The second-order valence-corrected chi connectivity index (χ2v) is 3.98. The predicted molar refractivity (Wildman–Crippen MR) is 61.4 cm³/mol. The average molecular weight is 251 g/mol. The van der Waals surface area contributed by atoms with Gasteiger partial charge in [0.15, 0.2) is 0 Å². The minimum atomic E-state index is 0.810.